The van der Waals surface area contributed by atoms with E-state index in [0.29, 0.717) is 17.1 Å². The number of aldehydes is 1. The molecule has 0 N–H and O–H groups in total. The predicted octanol–water partition coefficient (Wildman–Crippen LogP) is 3.95. The normalized spacial score (nSPS) is 10.1. The van der Waals surface area contributed by atoms with Crippen LogP contribution >= 0.6 is 15.9 Å². The first-order valence-corrected chi connectivity index (χ1v) is 6.46. The van der Waals surface area contributed by atoms with Crippen LogP contribution in [0, 0.1) is 0 Å². The van der Waals surface area contributed by atoms with Gasteiger partial charge < -0.3 is 9.47 Å². The Hall–Kier alpha value is -1.81. The highest BCUT2D eigenvalue weighted by Gasteiger charge is 2.14. The number of carbonyl (C=O) groups excluding carboxylic acids is 1. The molecule has 0 amide bonds. The number of carbonyl (C=O) groups is 1. The van der Waals surface area contributed by atoms with Gasteiger partial charge in [-0.05, 0) is 39.7 Å². The largest absolute Gasteiger partial charge is 0.495 e. The van der Waals surface area contributed by atoms with Crippen molar-refractivity contribution in [1.29, 1.82) is 0 Å². The lowest BCUT2D eigenvalue weighted by molar-refractivity contribution is 0.112. The van der Waals surface area contributed by atoms with Gasteiger partial charge in [-0.1, -0.05) is 18.2 Å². The minimum Gasteiger partial charge on any atom is -0.495 e. The maximum Gasteiger partial charge on any atom is 0.150 e. The fourth-order valence-corrected chi connectivity index (χ4v) is 2.57. The molecule has 2 rings (SSSR count). The van der Waals surface area contributed by atoms with Gasteiger partial charge in [0.05, 0.1) is 14.2 Å². The van der Waals surface area contributed by atoms with Crippen molar-refractivity contribution in [2.45, 2.75) is 0 Å². The summed E-state index contributed by atoms with van der Waals surface area (Å²) in [6.45, 7) is 0. The van der Waals surface area contributed by atoms with E-state index in [2.05, 4.69) is 15.9 Å². The summed E-state index contributed by atoms with van der Waals surface area (Å²) < 4.78 is 11.4. The van der Waals surface area contributed by atoms with Crippen LogP contribution < -0.4 is 9.47 Å². The molecule has 0 aliphatic heterocycles. The van der Waals surface area contributed by atoms with Gasteiger partial charge in [0.1, 0.15) is 22.3 Å². The van der Waals surface area contributed by atoms with Crippen LogP contribution in [0.25, 0.3) is 11.1 Å². The summed E-state index contributed by atoms with van der Waals surface area (Å²) in [5.74, 6) is 1.38. The van der Waals surface area contributed by atoms with Crippen molar-refractivity contribution in [2.24, 2.45) is 0 Å². The molecule has 19 heavy (non-hydrogen) atoms. The molecule has 0 saturated heterocycles. The van der Waals surface area contributed by atoms with Crippen LogP contribution in [-0.2, 0) is 0 Å². The smallest absolute Gasteiger partial charge is 0.150 e. The number of hydrogen-bond acceptors (Lipinski definition) is 3. The van der Waals surface area contributed by atoms with Crippen molar-refractivity contribution in [3.8, 4) is 22.6 Å². The lowest BCUT2D eigenvalue weighted by Crippen LogP contribution is -1.93. The van der Waals surface area contributed by atoms with Crippen LogP contribution in [0.15, 0.2) is 40.9 Å². The highest BCUT2D eigenvalue weighted by molar-refractivity contribution is 9.10. The SMILES string of the molecule is COc1ccc(-c2cccc(C=O)c2)c(OC)c1Br. The monoisotopic (exact) mass is 320 g/mol. The molecular formula is C15H13BrO3. The van der Waals surface area contributed by atoms with E-state index >= 15 is 0 Å². The average Bonchev–Trinajstić information content (AvgIpc) is 2.47. The molecule has 0 spiro atoms. The molecule has 0 radical (unpaired) electrons. The molecule has 0 aromatic heterocycles. The van der Waals surface area contributed by atoms with E-state index in [9.17, 15) is 4.79 Å². The molecule has 0 bridgehead atoms. The van der Waals surface area contributed by atoms with E-state index in [1.807, 2.05) is 30.3 Å². The molecule has 0 aliphatic carbocycles. The number of hydrogen-bond donors (Lipinski definition) is 0. The van der Waals surface area contributed by atoms with Crippen molar-refractivity contribution in [3.05, 3.63) is 46.4 Å². The third kappa shape index (κ3) is 2.63. The summed E-state index contributed by atoms with van der Waals surface area (Å²) in [6.07, 6.45) is 0.828. The zero-order valence-corrected chi connectivity index (χ0v) is 12.2. The summed E-state index contributed by atoms with van der Waals surface area (Å²) in [4.78, 5) is 10.9. The van der Waals surface area contributed by atoms with E-state index in [1.54, 1.807) is 20.3 Å². The van der Waals surface area contributed by atoms with E-state index in [1.165, 1.54) is 0 Å². The van der Waals surface area contributed by atoms with Gasteiger partial charge in [0.2, 0.25) is 0 Å². The van der Waals surface area contributed by atoms with Crippen LogP contribution in [0.5, 0.6) is 11.5 Å². The number of rotatable bonds is 4. The van der Waals surface area contributed by atoms with Crippen molar-refractivity contribution in [3.63, 3.8) is 0 Å². The molecule has 0 unspecified atom stereocenters. The summed E-state index contributed by atoms with van der Waals surface area (Å²) in [7, 11) is 3.21. The third-order valence-electron chi connectivity index (χ3n) is 2.82. The number of ether oxygens (including phenoxy) is 2. The van der Waals surface area contributed by atoms with Gasteiger partial charge in [0.15, 0.2) is 0 Å². The second kappa shape index (κ2) is 5.89. The first-order valence-electron chi connectivity index (χ1n) is 5.67. The van der Waals surface area contributed by atoms with Crippen molar-refractivity contribution >= 4 is 22.2 Å². The van der Waals surface area contributed by atoms with E-state index in [0.717, 1.165) is 21.9 Å². The molecule has 98 valence electrons. The number of halogens is 1. The fourth-order valence-electron chi connectivity index (χ4n) is 1.90. The highest BCUT2D eigenvalue weighted by Crippen LogP contribution is 2.41. The Bertz CT molecular complexity index is 608. The quantitative estimate of drug-likeness (QED) is 0.800. The maximum absolute atomic E-state index is 10.9. The third-order valence-corrected chi connectivity index (χ3v) is 3.57. The minimum atomic E-state index is 0.631. The number of methoxy groups -OCH3 is 2. The first-order chi connectivity index (χ1) is 9.21. The average molecular weight is 321 g/mol. The van der Waals surface area contributed by atoms with Gasteiger partial charge in [-0.25, -0.2) is 0 Å². The van der Waals surface area contributed by atoms with Gasteiger partial charge >= 0.3 is 0 Å². The predicted molar refractivity (Wildman–Crippen MR) is 78.1 cm³/mol. The Morgan fingerprint density at radius 1 is 1.11 bits per heavy atom. The molecule has 0 heterocycles. The van der Waals surface area contributed by atoms with Crippen LogP contribution in [0.4, 0.5) is 0 Å². The zero-order valence-electron chi connectivity index (χ0n) is 10.6. The van der Waals surface area contributed by atoms with Gasteiger partial charge in [0.25, 0.3) is 0 Å². The van der Waals surface area contributed by atoms with Crippen molar-refractivity contribution in [1.82, 2.24) is 0 Å². The Balaban J connectivity index is 2.61. The second-order valence-corrected chi connectivity index (χ2v) is 4.70. The van der Waals surface area contributed by atoms with E-state index in [-0.39, 0.29) is 0 Å². The Morgan fingerprint density at radius 3 is 2.53 bits per heavy atom. The first kappa shape index (κ1) is 13.6. The van der Waals surface area contributed by atoms with Gasteiger partial charge in [-0.3, -0.25) is 4.79 Å². The topological polar surface area (TPSA) is 35.5 Å². The fraction of sp³-hybridized carbons (Fsp3) is 0.133. The van der Waals surface area contributed by atoms with Crippen LogP contribution in [0.1, 0.15) is 10.4 Å². The standard InChI is InChI=1S/C15H13BrO3/c1-18-13-7-6-12(15(19-2)14(13)16)11-5-3-4-10(8-11)9-17/h3-9H,1-2H3. The lowest BCUT2D eigenvalue weighted by atomic mass is 10.0. The molecule has 2 aromatic carbocycles. The van der Waals surface area contributed by atoms with Gasteiger partial charge in [-0.15, -0.1) is 0 Å². The summed E-state index contributed by atoms with van der Waals surface area (Å²) >= 11 is 3.47. The van der Waals surface area contributed by atoms with Crippen molar-refractivity contribution in [2.75, 3.05) is 14.2 Å². The van der Waals surface area contributed by atoms with E-state index < -0.39 is 0 Å². The Kier molecular flexibility index (Phi) is 4.22. The van der Waals surface area contributed by atoms with Crippen LogP contribution in [-0.4, -0.2) is 20.5 Å². The molecule has 0 atom stereocenters. The minimum absolute atomic E-state index is 0.631. The molecule has 0 fully saturated rings. The Morgan fingerprint density at radius 2 is 1.89 bits per heavy atom. The Labute approximate surface area is 120 Å². The molecule has 3 nitrogen and oxygen atoms in total. The summed E-state index contributed by atoms with van der Waals surface area (Å²) in [5, 5.41) is 0. The second-order valence-electron chi connectivity index (χ2n) is 3.91. The zero-order chi connectivity index (χ0) is 13.8. The van der Waals surface area contributed by atoms with Gasteiger partial charge in [0, 0.05) is 11.1 Å². The maximum atomic E-state index is 10.9. The summed E-state index contributed by atoms with van der Waals surface area (Å²) in [5.41, 5.74) is 2.45. The van der Waals surface area contributed by atoms with Crippen molar-refractivity contribution < 1.29 is 14.3 Å². The van der Waals surface area contributed by atoms with E-state index in [4.69, 9.17) is 9.47 Å². The van der Waals surface area contributed by atoms with Crippen LogP contribution in [0.2, 0.25) is 0 Å². The van der Waals surface area contributed by atoms with Crippen LogP contribution in [0.3, 0.4) is 0 Å². The number of benzene rings is 2. The molecule has 2 aromatic rings. The lowest BCUT2D eigenvalue weighted by Gasteiger charge is -2.13. The molecule has 0 saturated carbocycles. The summed E-state index contributed by atoms with van der Waals surface area (Å²) in [6, 6.07) is 11.1. The van der Waals surface area contributed by atoms with Gasteiger partial charge in [-0.2, -0.15) is 0 Å². The molecule has 0 aliphatic rings. The highest BCUT2D eigenvalue weighted by atomic mass is 79.9. The molecule has 4 heteroatoms. The molecular weight excluding hydrogens is 308 g/mol.